The molecule has 0 N–H and O–H groups in total. The van der Waals surface area contributed by atoms with Crippen molar-refractivity contribution in [1.29, 1.82) is 0 Å². The van der Waals surface area contributed by atoms with Crippen LogP contribution in [0.5, 0.6) is 0 Å². The van der Waals surface area contributed by atoms with Gasteiger partial charge in [-0.3, -0.25) is 0 Å². The number of nitrogens with zero attached hydrogens (tertiary/aromatic N) is 3. The molecule has 5 rings (SSSR count). The van der Waals surface area contributed by atoms with Crippen LogP contribution in [0.2, 0.25) is 0 Å². The molecule has 3 aromatic rings. The summed E-state index contributed by atoms with van der Waals surface area (Å²) < 4.78 is 70.6. The molecule has 2 heterocycles. The molecule has 5 nitrogen and oxygen atoms in total. The third-order valence-corrected chi connectivity index (χ3v) is 8.87. The van der Waals surface area contributed by atoms with E-state index in [1.54, 1.807) is 18.2 Å². The number of hydrogen-bond acceptors (Lipinski definition) is 4. The molecule has 1 saturated heterocycles. The third kappa shape index (κ3) is 4.15. The zero-order valence-corrected chi connectivity index (χ0v) is 18.9. The molecule has 1 aromatic heterocycles. The summed E-state index contributed by atoms with van der Waals surface area (Å²) in [7, 11) is -3.57. The van der Waals surface area contributed by atoms with Crippen LogP contribution in [0.4, 0.5) is 13.2 Å². The molecule has 1 aliphatic heterocycles. The van der Waals surface area contributed by atoms with Gasteiger partial charge in [0.1, 0.15) is 5.82 Å². The molecule has 2 aromatic carbocycles. The fraction of sp³-hybridized carbons (Fsp3) is 0.409. The number of thioether (sulfide) groups is 1. The second-order valence-electron chi connectivity index (χ2n) is 8.36. The van der Waals surface area contributed by atoms with E-state index in [9.17, 15) is 21.6 Å². The van der Waals surface area contributed by atoms with Crippen molar-refractivity contribution in [2.45, 2.75) is 48.0 Å². The van der Waals surface area contributed by atoms with Crippen LogP contribution < -0.4 is 0 Å². The van der Waals surface area contributed by atoms with Gasteiger partial charge < -0.3 is 4.57 Å². The van der Waals surface area contributed by atoms with Crippen LogP contribution in [-0.2, 0) is 22.3 Å². The van der Waals surface area contributed by atoms with E-state index in [0.717, 1.165) is 43.8 Å². The number of hydrogen-bond donors (Lipinski definition) is 0. The molecule has 2 fully saturated rings. The standard InChI is InChI=1S/C22H22F3N3O2S2/c23-16-9-15(21(25)18(24)10-16)13-31-22-26-19-11-17(32(29,30)27-7-1-2-8-27)5-6-20(19)28(22)12-14-3-4-14/h5-6,9-11,14H,1-4,7-8,12-13H2. The van der Waals surface area contributed by atoms with Gasteiger partial charge in [0.05, 0.1) is 15.9 Å². The summed E-state index contributed by atoms with van der Waals surface area (Å²) in [6.45, 7) is 1.76. The Kier molecular flexibility index (Phi) is 5.71. The van der Waals surface area contributed by atoms with Gasteiger partial charge in [-0.05, 0) is 55.9 Å². The van der Waals surface area contributed by atoms with Gasteiger partial charge in [0, 0.05) is 37.0 Å². The Bertz CT molecular complexity index is 1280. The van der Waals surface area contributed by atoms with Gasteiger partial charge in [0.25, 0.3) is 0 Å². The van der Waals surface area contributed by atoms with Crippen molar-refractivity contribution in [3.63, 3.8) is 0 Å². The van der Waals surface area contributed by atoms with Crippen molar-refractivity contribution >= 4 is 32.8 Å². The molecular weight excluding hydrogens is 459 g/mol. The van der Waals surface area contributed by atoms with Crippen LogP contribution in [0.3, 0.4) is 0 Å². The molecule has 0 amide bonds. The summed E-state index contributed by atoms with van der Waals surface area (Å²) in [4.78, 5) is 4.82. The quantitative estimate of drug-likeness (QED) is 0.354. The van der Waals surface area contributed by atoms with Crippen molar-refractivity contribution in [2.24, 2.45) is 5.92 Å². The lowest BCUT2D eigenvalue weighted by molar-refractivity contribution is 0.477. The average molecular weight is 482 g/mol. The largest absolute Gasteiger partial charge is 0.319 e. The predicted octanol–water partition coefficient (Wildman–Crippen LogP) is 4.94. The first-order valence-electron chi connectivity index (χ1n) is 10.6. The van der Waals surface area contributed by atoms with Gasteiger partial charge in [-0.2, -0.15) is 4.31 Å². The second-order valence-corrected chi connectivity index (χ2v) is 11.2. The Balaban J connectivity index is 1.49. The van der Waals surface area contributed by atoms with E-state index in [0.29, 0.717) is 35.7 Å². The highest BCUT2D eigenvalue weighted by atomic mass is 32.2. The lowest BCUT2D eigenvalue weighted by Crippen LogP contribution is -2.27. The van der Waals surface area contributed by atoms with Gasteiger partial charge in [0.15, 0.2) is 16.8 Å². The van der Waals surface area contributed by atoms with Crippen molar-refractivity contribution in [3.05, 3.63) is 53.3 Å². The Morgan fingerprint density at radius 3 is 2.53 bits per heavy atom. The van der Waals surface area contributed by atoms with Crippen molar-refractivity contribution in [3.8, 4) is 0 Å². The maximum Gasteiger partial charge on any atom is 0.243 e. The molecule has 10 heteroatoms. The summed E-state index contributed by atoms with van der Waals surface area (Å²) in [6, 6.07) is 6.46. The Morgan fingerprint density at radius 2 is 1.81 bits per heavy atom. The molecule has 0 spiro atoms. The Labute approximate surface area is 188 Å². The number of fused-ring (bicyclic) bond motifs is 1. The molecule has 0 unspecified atom stereocenters. The summed E-state index contributed by atoms with van der Waals surface area (Å²) in [5.41, 5.74) is 1.26. The van der Waals surface area contributed by atoms with E-state index in [-0.39, 0.29) is 16.2 Å². The number of benzene rings is 2. The number of sulfonamides is 1. The van der Waals surface area contributed by atoms with Crippen molar-refractivity contribution < 1.29 is 21.6 Å². The van der Waals surface area contributed by atoms with Crippen molar-refractivity contribution in [2.75, 3.05) is 13.1 Å². The number of aromatic nitrogens is 2. The van der Waals surface area contributed by atoms with E-state index in [4.69, 9.17) is 0 Å². The lowest BCUT2D eigenvalue weighted by atomic mass is 10.2. The lowest BCUT2D eigenvalue weighted by Gasteiger charge is -2.15. The molecule has 1 saturated carbocycles. The van der Waals surface area contributed by atoms with Crippen LogP contribution >= 0.6 is 11.8 Å². The molecule has 0 radical (unpaired) electrons. The molecular formula is C22H22F3N3O2S2. The molecule has 32 heavy (non-hydrogen) atoms. The molecule has 1 aliphatic carbocycles. The summed E-state index contributed by atoms with van der Waals surface area (Å²) in [5.74, 6) is -2.59. The van der Waals surface area contributed by atoms with Crippen LogP contribution in [0.1, 0.15) is 31.2 Å². The SMILES string of the molecule is O=S(=O)(c1ccc2c(c1)nc(SCc1cc(F)cc(F)c1F)n2CC1CC1)N1CCCC1. The minimum absolute atomic E-state index is 0.00738. The molecule has 0 bridgehead atoms. The first kappa shape index (κ1) is 21.8. The fourth-order valence-corrected chi connectivity index (χ4v) is 6.55. The number of imidazole rings is 1. The van der Waals surface area contributed by atoms with Crippen LogP contribution in [-0.4, -0.2) is 35.4 Å². The number of rotatable bonds is 7. The van der Waals surface area contributed by atoms with E-state index >= 15 is 0 Å². The Morgan fingerprint density at radius 1 is 1.06 bits per heavy atom. The normalized spacial score (nSPS) is 17.5. The molecule has 0 atom stereocenters. The highest BCUT2D eigenvalue weighted by Crippen LogP contribution is 2.36. The zero-order chi connectivity index (χ0) is 22.5. The first-order chi connectivity index (χ1) is 15.3. The van der Waals surface area contributed by atoms with E-state index in [2.05, 4.69) is 4.98 Å². The molecule has 170 valence electrons. The first-order valence-corrected chi connectivity index (χ1v) is 13.0. The maximum absolute atomic E-state index is 14.1. The zero-order valence-electron chi connectivity index (χ0n) is 17.2. The van der Waals surface area contributed by atoms with Gasteiger partial charge in [-0.25, -0.2) is 26.6 Å². The minimum atomic E-state index is -3.57. The summed E-state index contributed by atoms with van der Waals surface area (Å²) in [5, 5.41) is 0.576. The van der Waals surface area contributed by atoms with Gasteiger partial charge in [-0.1, -0.05) is 11.8 Å². The van der Waals surface area contributed by atoms with Crippen molar-refractivity contribution in [1.82, 2.24) is 13.9 Å². The summed E-state index contributed by atoms with van der Waals surface area (Å²) >= 11 is 1.18. The highest BCUT2D eigenvalue weighted by molar-refractivity contribution is 7.98. The smallest absolute Gasteiger partial charge is 0.243 e. The van der Waals surface area contributed by atoms with Crippen LogP contribution in [0.25, 0.3) is 11.0 Å². The monoisotopic (exact) mass is 481 g/mol. The third-order valence-electron chi connectivity index (χ3n) is 5.95. The second kappa shape index (κ2) is 8.39. The maximum atomic E-state index is 14.1. The van der Waals surface area contributed by atoms with E-state index < -0.39 is 27.5 Å². The van der Waals surface area contributed by atoms with Crippen LogP contribution in [0.15, 0.2) is 40.4 Å². The van der Waals surface area contributed by atoms with E-state index in [1.165, 1.54) is 16.1 Å². The average Bonchev–Trinajstić information content (AvgIpc) is 3.27. The number of halogens is 3. The van der Waals surface area contributed by atoms with Gasteiger partial charge in [-0.15, -0.1) is 0 Å². The highest BCUT2D eigenvalue weighted by Gasteiger charge is 2.29. The summed E-state index contributed by atoms with van der Waals surface area (Å²) in [6.07, 6.45) is 3.93. The fourth-order valence-electron chi connectivity index (χ4n) is 4.03. The van der Waals surface area contributed by atoms with E-state index in [1.807, 2.05) is 4.57 Å². The predicted molar refractivity (Wildman–Crippen MR) is 116 cm³/mol. The van der Waals surface area contributed by atoms with Gasteiger partial charge >= 0.3 is 0 Å². The Hall–Kier alpha value is -2.04. The topological polar surface area (TPSA) is 55.2 Å². The van der Waals surface area contributed by atoms with Crippen LogP contribution in [0, 0.1) is 23.4 Å². The molecule has 2 aliphatic rings. The minimum Gasteiger partial charge on any atom is -0.319 e. The van der Waals surface area contributed by atoms with Gasteiger partial charge in [0.2, 0.25) is 10.0 Å².